The first-order chi connectivity index (χ1) is 15.0. The van der Waals surface area contributed by atoms with E-state index in [1.54, 1.807) is 13.2 Å². The number of amides is 1. The lowest BCUT2D eigenvalue weighted by atomic mass is 9.94. The summed E-state index contributed by atoms with van der Waals surface area (Å²) in [5, 5.41) is 6.26. The molecule has 1 heterocycles. The Bertz CT molecular complexity index is 1290. The Labute approximate surface area is 182 Å². The summed E-state index contributed by atoms with van der Waals surface area (Å²) < 4.78 is 11.7. The zero-order chi connectivity index (χ0) is 22.0. The minimum absolute atomic E-state index is 0.0966. The maximum absolute atomic E-state index is 12.3. The van der Waals surface area contributed by atoms with E-state index in [1.165, 1.54) is 10.8 Å². The summed E-state index contributed by atoms with van der Waals surface area (Å²) >= 11 is 0. The number of carbonyl (C=O) groups excluding carboxylic acids is 1. The highest BCUT2D eigenvalue weighted by Gasteiger charge is 2.19. The molecule has 0 aliphatic rings. The van der Waals surface area contributed by atoms with Crippen molar-refractivity contribution in [3.63, 3.8) is 0 Å². The number of hydrogen-bond donors (Lipinski definition) is 1. The summed E-state index contributed by atoms with van der Waals surface area (Å²) in [4.78, 5) is 12.3. The highest BCUT2D eigenvalue weighted by Crippen LogP contribution is 2.42. The number of aryl methyl sites for hydroxylation is 1. The topological polar surface area (TPSA) is 51.5 Å². The monoisotopic (exact) mass is 413 g/mol. The molecule has 0 fully saturated rings. The maximum atomic E-state index is 12.3. The van der Waals surface area contributed by atoms with E-state index in [-0.39, 0.29) is 5.91 Å². The van der Waals surface area contributed by atoms with Crippen molar-refractivity contribution in [1.29, 1.82) is 0 Å². The Balaban J connectivity index is 1.91. The minimum Gasteiger partial charge on any atom is -0.496 e. The fraction of sp³-hybridized carbons (Fsp3) is 0.222. The molecule has 0 bridgehead atoms. The van der Waals surface area contributed by atoms with Crippen LogP contribution in [0.2, 0.25) is 0 Å². The van der Waals surface area contributed by atoms with Gasteiger partial charge in [0.15, 0.2) is 0 Å². The normalized spacial score (nSPS) is 11.8. The Kier molecular flexibility index (Phi) is 5.81. The van der Waals surface area contributed by atoms with Crippen LogP contribution in [0.1, 0.15) is 31.4 Å². The van der Waals surface area contributed by atoms with E-state index in [1.807, 2.05) is 33.1 Å². The van der Waals surface area contributed by atoms with Crippen molar-refractivity contribution in [2.24, 2.45) is 0 Å². The SMILES string of the molecule is CCCNC(=O)/C=C(\C)c1cc2c(-c3cccc4ccccc34)coc2c(C)c1OC. The van der Waals surface area contributed by atoms with E-state index in [9.17, 15) is 4.79 Å². The van der Waals surface area contributed by atoms with Gasteiger partial charge in [-0.05, 0) is 48.2 Å². The van der Waals surface area contributed by atoms with Gasteiger partial charge in [0.1, 0.15) is 11.3 Å². The highest BCUT2D eigenvalue weighted by molar-refractivity contribution is 6.07. The molecule has 4 heteroatoms. The van der Waals surface area contributed by atoms with Crippen LogP contribution in [0, 0.1) is 6.92 Å². The number of benzene rings is 3. The summed E-state index contributed by atoms with van der Waals surface area (Å²) in [6.07, 6.45) is 4.35. The van der Waals surface area contributed by atoms with Crippen LogP contribution in [-0.4, -0.2) is 19.6 Å². The van der Waals surface area contributed by atoms with Gasteiger partial charge in [0.25, 0.3) is 0 Å². The third-order valence-electron chi connectivity index (χ3n) is 5.65. The molecule has 31 heavy (non-hydrogen) atoms. The standard InChI is InChI=1S/C27H27NO3/c1-5-13-28-25(29)14-17(2)22-15-23-24(16-31-27(23)18(3)26(22)30-4)21-12-8-10-19-9-6-7-11-20(19)21/h6-12,14-16H,5,13H2,1-4H3,(H,28,29)/b17-14+. The van der Waals surface area contributed by atoms with Gasteiger partial charge in [0.05, 0.1) is 13.4 Å². The predicted molar refractivity (Wildman–Crippen MR) is 127 cm³/mol. The average Bonchev–Trinajstić information content (AvgIpc) is 3.21. The number of hydrogen-bond acceptors (Lipinski definition) is 3. The van der Waals surface area contributed by atoms with Gasteiger partial charge in [-0.25, -0.2) is 0 Å². The second-order valence-corrected chi connectivity index (χ2v) is 7.75. The average molecular weight is 414 g/mol. The van der Waals surface area contributed by atoms with Crippen molar-refractivity contribution in [3.05, 3.63) is 72.0 Å². The zero-order valence-electron chi connectivity index (χ0n) is 18.4. The fourth-order valence-corrected chi connectivity index (χ4v) is 4.11. The number of allylic oxidation sites excluding steroid dienone is 1. The Morgan fingerprint density at radius 2 is 1.87 bits per heavy atom. The van der Waals surface area contributed by atoms with Crippen LogP contribution < -0.4 is 10.1 Å². The molecule has 0 unspecified atom stereocenters. The van der Waals surface area contributed by atoms with Crippen LogP contribution in [0.25, 0.3) is 38.4 Å². The first-order valence-corrected chi connectivity index (χ1v) is 10.6. The van der Waals surface area contributed by atoms with Gasteiger partial charge in [0, 0.05) is 34.7 Å². The first-order valence-electron chi connectivity index (χ1n) is 10.6. The number of carbonyl (C=O) groups is 1. The molecule has 0 saturated heterocycles. The van der Waals surface area contributed by atoms with Gasteiger partial charge >= 0.3 is 0 Å². The quantitative estimate of drug-likeness (QED) is 0.367. The second-order valence-electron chi connectivity index (χ2n) is 7.75. The van der Waals surface area contributed by atoms with Gasteiger partial charge in [0.2, 0.25) is 5.91 Å². The molecule has 1 N–H and O–H groups in total. The molecule has 0 aliphatic heterocycles. The summed E-state index contributed by atoms with van der Waals surface area (Å²) in [6, 6.07) is 16.7. The lowest BCUT2D eigenvalue weighted by Crippen LogP contribution is -2.21. The highest BCUT2D eigenvalue weighted by atomic mass is 16.5. The lowest BCUT2D eigenvalue weighted by Gasteiger charge is -2.13. The summed E-state index contributed by atoms with van der Waals surface area (Å²) in [5.41, 5.74) is 5.61. The molecular weight excluding hydrogens is 386 g/mol. The van der Waals surface area contributed by atoms with E-state index in [4.69, 9.17) is 9.15 Å². The number of furan rings is 1. The molecule has 3 aromatic carbocycles. The molecule has 0 saturated carbocycles. The van der Waals surface area contributed by atoms with E-state index in [2.05, 4.69) is 47.8 Å². The molecule has 158 valence electrons. The molecular formula is C27H27NO3. The number of nitrogens with one attached hydrogen (secondary N) is 1. The van der Waals surface area contributed by atoms with Crippen molar-refractivity contribution in [3.8, 4) is 16.9 Å². The third-order valence-corrected chi connectivity index (χ3v) is 5.65. The second kappa shape index (κ2) is 8.68. The van der Waals surface area contributed by atoms with Crippen LogP contribution in [0.15, 0.2) is 65.3 Å². The van der Waals surface area contributed by atoms with E-state index >= 15 is 0 Å². The predicted octanol–water partition coefficient (Wildman–Crippen LogP) is 6.50. The fourth-order valence-electron chi connectivity index (χ4n) is 4.11. The Hall–Kier alpha value is -3.53. The summed E-state index contributed by atoms with van der Waals surface area (Å²) in [6.45, 7) is 6.62. The van der Waals surface area contributed by atoms with E-state index in [0.717, 1.165) is 51.0 Å². The van der Waals surface area contributed by atoms with E-state index < -0.39 is 0 Å². The maximum Gasteiger partial charge on any atom is 0.244 e. The molecule has 1 aromatic heterocycles. The van der Waals surface area contributed by atoms with Crippen molar-refractivity contribution < 1.29 is 13.9 Å². The Morgan fingerprint density at radius 3 is 2.65 bits per heavy atom. The molecule has 4 nitrogen and oxygen atoms in total. The first kappa shape index (κ1) is 20.7. The molecule has 4 rings (SSSR count). The van der Waals surface area contributed by atoms with Crippen molar-refractivity contribution in [2.45, 2.75) is 27.2 Å². The summed E-state index contributed by atoms with van der Waals surface area (Å²) in [7, 11) is 1.65. The van der Waals surface area contributed by atoms with Crippen LogP contribution in [-0.2, 0) is 4.79 Å². The Morgan fingerprint density at radius 1 is 1.10 bits per heavy atom. The van der Waals surface area contributed by atoms with Crippen molar-refractivity contribution >= 4 is 33.2 Å². The van der Waals surface area contributed by atoms with Crippen molar-refractivity contribution in [1.82, 2.24) is 5.32 Å². The van der Waals surface area contributed by atoms with Crippen LogP contribution in [0.3, 0.4) is 0 Å². The summed E-state index contributed by atoms with van der Waals surface area (Å²) in [5.74, 6) is 0.629. The zero-order valence-corrected chi connectivity index (χ0v) is 18.4. The van der Waals surface area contributed by atoms with Crippen LogP contribution in [0.4, 0.5) is 0 Å². The molecule has 0 spiro atoms. The van der Waals surface area contributed by atoms with Gasteiger partial charge in [-0.3, -0.25) is 4.79 Å². The van der Waals surface area contributed by atoms with Gasteiger partial charge < -0.3 is 14.5 Å². The smallest absolute Gasteiger partial charge is 0.244 e. The molecule has 1 amide bonds. The molecule has 0 aliphatic carbocycles. The van der Waals surface area contributed by atoms with Crippen LogP contribution in [0.5, 0.6) is 5.75 Å². The molecule has 0 atom stereocenters. The lowest BCUT2D eigenvalue weighted by molar-refractivity contribution is -0.116. The third kappa shape index (κ3) is 3.81. The molecule has 0 radical (unpaired) electrons. The number of methoxy groups -OCH3 is 1. The van der Waals surface area contributed by atoms with Gasteiger partial charge in [-0.2, -0.15) is 0 Å². The largest absolute Gasteiger partial charge is 0.496 e. The minimum atomic E-state index is -0.0966. The van der Waals surface area contributed by atoms with Crippen LogP contribution >= 0.6 is 0 Å². The van der Waals surface area contributed by atoms with Crippen molar-refractivity contribution in [2.75, 3.05) is 13.7 Å². The molecule has 4 aromatic rings. The number of ether oxygens (including phenoxy) is 1. The number of rotatable bonds is 6. The van der Waals surface area contributed by atoms with Gasteiger partial charge in [-0.1, -0.05) is 49.4 Å². The van der Waals surface area contributed by atoms with E-state index in [0.29, 0.717) is 6.54 Å². The number of fused-ring (bicyclic) bond motifs is 2. The van der Waals surface area contributed by atoms with Gasteiger partial charge in [-0.15, -0.1) is 0 Å².